The molecule has 2 aliphatic rings. The number of nitriles is 1. The summed E-state index contributed by atoms with van der Waals surface area (Å²) in [6.07, 6.45) is 13.4. The topological polar surface area (TPSA) is 28.7 Å². The minimum atomic E-state index is 0.715. The number of fused-ring (bicyclic) bond motifs is 6. The molecule has 7 rings (SSSR count). The van der Waals surface area contributed by atoms with Gasteiger partial charge >= 0.3 is 0 Å². The van der Waals surface area contributed by atoms with Gasteiger partial charge in [-0.15, -0.1) is 11.3 Å². The molecule has 0 spiro atoms. The predicted molar refractivity (Wildman–Crippen MR) is 144 cm³/mol. The van der Waals surface area contributed by atoms with E-state index < -0.39 is 0 Å². The van der Waals surface area contributed by atoms with Crippen LogP contribution >= 0.6 is 11.3 Å². The summed E-state index contributed by atoms with van der Waals surface area (Å²) in [5.74, 6) is 0. The Morgan fingerprint density at radius 3 is 2.18 bits per heavy atom. The average Bonchev–Trinajstić information content (AvgIpc) is 3.44. The van der Waals surface area contributed by atoms with Crippen molar-refractivity contribution in [3.05, 3.63) is 101 Å². The molecule has 0 radical (unpaired) electrons. The Kier molecular flexibility index (Phi) is 4.37. The predicted octanol–water partition coefficient (Wildman–Crippen LogP) is 8.30. The van der Waals surface area contributed by atoms with Gasteiger partial charge in [0.25, 0.3) is 0 Å². The lowest BCUT2D eigenvalue weighted by atomic mass is 9.94. The largest absolute Gasteiger partial charge is 0.308 e. The van der Waals surface area contributed by atoms with Crippen LogP contribution in [0.2, 0.25) is 0 Å². The van der Waals surface area contributed by atoms with Gasteiger partial charge in [-0.1, -0.05) is 54.6 Å². The Morgan fingerprint density at radius 1 is 0.735 bits per heavy atom. The van der Waals surface area contributed by atoms with Crippen LogP contribution in [0.1, 0.15) is 40.9 Å². The van der Waals surface area contributed by atoms with Gasteiger partial charge in [0, 0.05) is 37.1 Å². The lowest BCUT2D eigenvalue weighted by molar-refractivity contribution is 0.922. The van der Waals surface area contributed by atoms with Gasteiger partial charge in [0.2, 0.25) is 0 Å². The molecule has 2 aromatic heterocycles. The Morgan fingerprint density at radius 2 is 1.41 bits per heavy atom. The summed E-state index contributed by atoms with van der Waals surface area (Å²) >= 11 is 1.84. The molecule has 0 saturated heterocycles. The summed E-state index contributed by atoms with van der Waals surface area (Å²) in [6, 6.07) is 23.9. The van der Waals surface area contributed by atoms with Crippen molar-refractivity contribution >= 4 is 43.7 Å². The minimum Gasteiger partial charge on any atom is -0.308 e. The first-order chi connectivity index (χ1) is 16.8. The van der Waals surface area contributed by atoms with Crippen LogP contribution in [0.3, 0.4) is 0 Å². The molecule has 0 unspecified atom stereocenters. The van der Waals surface area contributed by atoms with Crippen molar-refractivity contribution in [1.82, 2.24) is 4.57 Å². The molecule has 5 aromatic rings. The molecule has 0 atom stereocenters. The van der Waals surface area contributed by atoms with Crippen LogP contribution in [0.5, 0.6) is 0 Å². The van der Waals surface area contributed by atoms with Crippen molar-refractivity contribution in [3.63, 3.8) is 0 Å². The summed E-state index contributed by atoms with van der Waals surface area (Å²) in [7, 11) is 0. The van der Waals surface area contributed by atoms with Gasteiger partial charge in [-0.25, -0.2) is 0 Å². The maximum absolute atomic E-state index is 10.2. The van der Waals surface area contributed by atoms with Crippen molar-refractivity contribution in [2.45, 2.75) is 25.7 Å². The first-order valence-electron chi connectivity index (χ1n) is 11.9. The highest BCUT2D eigenvalue weighted by molar-refractivity contribution is 7.25. The second-order valence-corrected chi connectivity index (χ2v) is 10.1. The quantitative estimate of drug-likeness (QED) is 0.264. The Labute approximate surface area is 202 Å². The first-order valence-corrected chi connectivity index (χ1v) is 12.7. The Bertz CT molecular complexity index is 1680. The fraction of sp³-hybridized carbons (Fsp3) is 0.129. The zero-order chi connectivity index (χ0) is 22.6. The number of thiophene rings is 1. The van der Waals surface area contributed by atoms with E-state index in [9.17, 15) is 5.26 Å². The van der Waals surface area contributed by atoms with E-state index in [0.29, 0.717) is 5.56 Å². The lowest BCUT2D eigenvalue weighted by Crippen LogP contribution is -2.07. The fourth-order valence-electron chi connectivity index (χ4n) is 5.79. The summed E-state index contributed by atoms with van der Waals surface area (Å²) in [5.41, 5.74) is 9.43. The number of hydrogen-bond acceptors (Lipinski definition) is 2. The summed E-state index contributed by atoms with van der Waals surface area (Å²) in [4.78, 5) is 0. The van der Waals surface area contributed by atoms with Crippen LogP contribution in [-0.4, -0.2) is 4.57 Å². The van der Waals surface area contributed by atoms with Gasteiger partial charge in [0.15, 0.2) is 0 Å². The number of rotatable bonds is 2. The van der Waals surface area contributed by atoms with E-state index in [1.54, 1.807) is 0 Å². The van der Waals surface area contributed by atoms with Gasteiger partial charge in [0.1, 0.15) is 6.07 Å². The van der Waals surface area contributed by atoms with E-state index in [1.165, 1.54) is 48.3 Å². The van der Waals surface area contributed by atoms with Crippen molar-refractivity contribution in [3.8, 4) is 22.9 Å². The van der Waals surface area contributed by atoms with E-state index in [0.717, 1.165) is 36.9 Å². The van der Waals surface area contributed by atoms with E-state index in [1.807, 2.05) is 23.5 Å². The zero-order valence-electron chi connectivity index (χ0n) is 18.7. The van der Waals surface area contributed by atoms with Gasteiger partial charge in [0.05, 0.1) is 11.3 Å². The maximum atomic E-state index is 10.2. The third-order valence-corrected chi connectivity index (χ3v) is 8.35. The molecule has 0 aliphatic heterocycles. The molecule has 2 aliphatic carbocycles. The number of para-hydroxylation sites is 1. The molecule has 2 nitrogen and oxygen atoms in total. The molecule has 2 heterocycles. The van der Waals surface area contributed by atoms with Crippen molar-refractivity contribution in [1.29, 1.82) is 5.26 Å². The number of hydrogen-bond donors (Lipinski definition) is 0. The average molecular weight is 455 g/mol. The number of nitrogens with zero attached hydrogens (tertiary/aromatic N) is 2. The van der Waals surface area contributed by atoms with E-state index in [4.69, 9.17) is 0 Å². The zero-order valence-corrected chi connectivity index (χ0v) is 19.5. The Balaban J connectivity index is 1.62. The van der Waals surface area contributed by atoms with Crippen LogP contribution in [0, 0.1) is 11.3 Å². The van der Waals surface area contributed by atoms with Crippen LogP contribution < -0.4 is 0 Å². The van der Waals surface area contributed by atoms with Crippen LogP contribution in [0.15, 0.2) is 72.8 Å². The SMILES string of the molecule is N#Cc1cccc(-c2cccc3sc4ccccc4c23)c1-n1c2c(c3c1C=CCC3)CCC=C2. The van der Waals surface area contributed by atoms with Gasteiger partial charge in [-0.05, 0) is 72.7 Å². The second kappa shape index (κ2) is 7.58. The standard InChI is InChI=1S/C31H22N2S/c32-19-20-9-7-14-24(23-13-8-18-29-30(23)25-12-3-6-17-28(25)34-29)31(20)33-26-15-4-1-10-21(26)22-11-2-5-16-27(22)33/h3-9,12-18H,1-2,10-11H2. The minimum absolute atomic E-state index is 0.715. The highest BCUT2D eigenvalue weighted by Crippen LogP contribution is 2.44. The van der Waals surface area contributed by atoms with Gasteiger partial charge < -0.3 is 4.57 Å². The molecule has 0 bridgehead atoms. The molecule has 0 amide bonds. The van der Waals surface area contributed by atoms with Crippen LogP contribution in [0.4, 0.5) is 0 Å². The molecule has 0 N–H and O–H groups in total. The molecule has 3 heteroatoms. The molecule has 0 fully saturated rings. The molecule has 0 saturated carbocycles. The second-order valence-electron chi connectivity index (χ2n) is 9.04. The molecule has 162 valence electrons. The van der Waals surface area contributed by atoms with Crippen molar-refractivity contribution < 1.29 is 0 Å². The summed E-state index contributed by atoms with van der Waals surface area (Å²) in [5, 5.41) is 12.8. The molecule has 3 aromatic carbocycles. The monoisotopic (exact) mass is 454 g/mol. The van der Waals surface area contributed by atoms with Crippen LogP contribution in [0.25, 0.3) is 49.1 Å². The van der Waals surface area contributed by atoms with Crippen LogP contribution in [-0.2, 0) is 12.8 Å². The first kappa shape index (κ1) is 19.6. The maximum Gasteiger partial charge on any atom is 0.101 e. The number of allylic oxidation sites excluding steroid dienone is 2. The summed E-state index contributed by atoms with van der Waals surface area (Å²) < 4.78 is 4.95. The third kappa shape index (κ3) is 2.73. The highest BCUT2D eigenvalue weighted by atomic mass is 32.1. The number of aromatic nitrogens is 1. The normalized spacial score (nSPS) is 14.3. The van der Waals surface area contributed by atoms with E-state index in [-0.39, 0.29) is 0 Å². The highest BCUT2D eigenvalue weighted by Gasteiger charge is 2.26. The lowest BCUT2D eigenvalue weighted by Gasteiger charge is -2.19. The molecular weight excluding hydrogens is 432 g/mol. The summed E-state index contributed by atoms with van der Waals surface area (Å²) in [6.45, 7) is 0. The smallest absolute Gasteiger partial charge is 0.101 e. The molecular formula is C31H22N2S. The van der Waals surface area contributed by atoms with Gasteiger partial charge in [-0.2, -0.15) is 5.26 Å². The van der Waals surface area contributed by atoms with Crippen molar-refractivity contribution in [2.24, 2.45) is 0 Å². The molecule has 34 heavy (non-hydrogen) atoms. The number of benzene rings is 3. The van der Waals surface area contributed by atoms with E-state index in [2.05, 4.69) is 83.5 Å². The van der Waals surface area contributed by atoms with Crippen molar-refractivity contribution in [2.75, 3.05) is 0 Å². The van der Waals surface area contributed by atoms with E-state index >= 15 is 0 Å². The fourth-order valence-corrected chi connectivity index (χ4v) is 6.93. The Hall–Kier alpha value is -3.87. The third-order valence-electron chi connectivity index (χ3n) is 7.21. The van der Waals surface area contributed by atoms with Gasteiger partial charge in [-0.3, -0.25) is 0 Å².